The molecule has 29 heavy (non-hydrogen) atoms. The minimum Gasteiger partial charge on any atom is -0.478 e. The highest BCUT2D eigenvalue weighted by Crippen LogP contribution is 2.21. The summed E-state index contributed by atoms with van der Waals surface area (Å²) in [4.78, 5) is 19.9. The summed E-state index contributed by atoms with van der Waals surface area (Å²) >= 11 is 0. The molecule has 0 aliphatic carbocycles. The molecule has 3 heterocycles. The fraction of sp³-hybridized carbons (Fsp3) is 0.217. The molecule has 6 heteroatoms. The number of carboxylic acid groups (broad SMARTS) is 1. The predicted octanol–water partition coefficient (Wildman–Crippen LogP) is 4.60. The maximum atomic E-state index is 11.2. The summed E-state index contributed by atoms with van der Waals surface area (Å²) < 4.78 is 1.98. The summed E-state index contributed by atoms with van der Waals surface area (Å²) in [5.74, 6) is -0.977. The number of aryl methyl sites for hydroxylation is 2. The van der Waals surface area contributed by atoms with E-state index < -0.39 is 5.97 Å². The molecule has 0 saturated heterocycles. The number of carbonyl (C=O) groups is 1. The Bertz CT molecular complexity index is 1120. The molecule has 0 amide bonds. The van der Waals surface area contributed by atoms with Crippen LogP contribution in [-0.2, 0) is 13.0 Å². The quantitative estimate of drug-likeness (QED) is 0.448. The zero-order chi connectivity index (χ0) is 20.1. The van der Waals surface area contributed by atoms with Gasteiger partial charge in [-0.1, -0.05) is 36.8 Å². The Morgan fingerprint density at radius 3 is 2.59 bits per heavy atom. The summed E-state index contributed by atoms with van der Waals surface area (Å²) in [6.45, 7) is 0.853. The summed E-state index contributed by atoms with van der Waals surface area (Å²) in [6, 6.07) is 15.5. The van der Waals surface area contributed by atoms with Gasteiger partial charge < -0.3 is 5.11 Å². The van der Waals surface area contributed by atoms with Crippen molar-refractivity contribution < 1.29 is 9.90 Å². The zero-order valence-electron chi connectivity index (χ0n) is 16.0. The third-order valence-corrected chi connectivity index (χ3v) is 4.98. The van der Waals surface area contributed by atoms with Crippen molar-refractivity contribution in [2.45, 2.75) is 32.2 Å². The standard InChI is InChI=1S/C23H22N4O2/c28-23(29)18-10-11-24-20(13-18)21-14-19-15-26-27(22(19)16-25-21)12-6-2-5-9-17-7-3-1-4-8-17/h1,3-4,7-8,10-11,13-16H,2,5-6,9,12H2,(H,28,29). The number of unbranched alkanes of at least 4 members (excludes halogenated alkanes) is 2. The zero-order valence-corrected chi connectivity index (χ0v) is 16.0. The van der Waals surface area contributed by atoms with Crippen molar-refractivity contribution in [1.82, 2.24) is 19.7 Å². The summed E-state index contributed by atoms with van der Waals surface area (Å²) in [5.41, 5.74) is 3.74. The molecule has 0 saturated carbocycles. The van der Waals surface area contributed by atoms with Crippen LogP contribution >= 0.6 is 0 Å². The highest BCUT2D eigenvalue weighted by molar-refractivity contribution is 5.89. The lowest BCUT2D eigenvalue weighted by Gasteiger charge is -2.05. The molecule has 0 atom stereocenters. The van der Waals surface area contributed by atoms with Crippen molar-refractivity contribution in [2.24, 2.45) is 0 Å². The maximum Gasteiger partial charge on any atom is 0.335 e. The van der Waals surface area contributed by atoms with E-state index in [1.165, 1.54) is 23.9 Å². The van der Waals surface area contributed by atoms with Gasteiger partial charge in [-0.2, -0.15) is 5.10 Å². The maximum absolute atomic E-state index is 11.2. The molecule has 4 aromatic rings. The topological polar surface area (TPSA) is 80.9 Å². The van der Waals surface area contributed by atoms with Crippen LogP contribution in [0.15, 0.2) is 67.1 Å². The van der Waals surface area contributed by atoms with Gasteiger partial charge in [0, 0.05) is 18.1 Å². The number of rotatable bonds is 8. The Morgan fingerprint density at radius 1 is 0.931 bits per heavy atom. The van der Waals surface area contributed by atoms with Gasteiger partial charge in [0.05, 0.1) is 34.9 Å². The average molecular weight is 386 g/mol. The lowest BCUT2D eigenvalue weighted by atomic mass is 10.1. The van der Waals surface area contributed by atoms with E-state index in [1.54, 1.807) is 6.20 Å². The number of hydrogen-bond acceptors (Lipinski definition) is 4. The number of nitrogens with zero attached hydrogens (tertiary/aromatic N) is 4. The molecule has 146 valence electrons. The average Bonchev–Trinajstić information content (AvgIpc) is 3.16. The smallest absolute Gasteiger partial charge is 0.335 e. The van der Waals surface area contributed by atoms with Crippen LogP contribution in [0.3, 0.4) is 0 Å². The summed E-state index contributed by atoms with van der Waals surface area (Å²) in [5, 5.41) is 14.6. The van der Waals surface area contributed by atoms with Crippen molar-refractivity contribution >= 4 is 16.9 Å². The van der Waals surface area contributed by atoms with Gasteiger partial charge in [-0.3, -0.25) is 14.6 Å². The Hall–Kier alpha value is -3.54. The molecule has 0 aliphatic heterocycles. The van der Waals surface area contributed by atoms with Gasteiger partial charge in [-0.05, 0) is 43.0 Å². The predicted molar refractivity (Wildman–Crippen MR) is 112 cm³/mol. The molecule has 1 N–H and O–H groups in total. The van der Waals surface area contributed by atoms with Crippen molar-refractivity contribution in [1.29, 1.82) is 0 Å². The summed E-state index contributed by atoms with van der Waals surface area (Å²) in [7, 11) is 0. The number of benzene rings is 1. The highest BCUT2D eigenvalue weighted by atomic mass is 16.4. The van der Waals surface area contributed by atoms with Crippen LogP contribution < -0.4 is 0 Å². The fourth-order valence-corrected chi connectivity index (χ4v) is 3.41. The first-order chi connectivity index (χ1) is 14.2. The monoisotopic (exact) mass is 386 g/mol. The highest BCUT2D eigenvalue weighted by Gasteiger charge is 2.10. The molecular weight excluding hydrogens is 364 g/mol. The minimum absolute atomic E-state index is 0.197. The molecule has 0 spiro atoms. The van der Waals surface area contributed by atoms with E-state index in [0.717, 1.165) is 43.1 Å². The van der Waals surface area contributed by atoms with Crippen molar-refractivity contribution in [3.05, 3.63) is 78.2 Å². The van der Waals surface area contributed by atoms with E-state index in [1.807, 2.05) is 23.0 Å². The van der Waals surface area contributed by atoms with Gasteiger partial charge in [-0.15, -0.1) is 0 Å². The third kappa shape index (κ3) is 4.48. The van der Waals surface area contributed by atoms with Crippen molar-refractivity contribution in [2.75, 3.05) is 0 Å². The molecule has 0 fully saturated rings. The Kier molecular flexibility index (Phi) is 5.61. The number of carboxylic acids is 1. The van der Waals surface area contributed by atoms with Crippen LogP contribution in [0.1, 0.15) is 35.2 Å². The summed E-state index contributed by atoms with van der Waals surface area (Å²) in [6.07, 6.45) is 9.58. The molecule has 3 aromatic heterocycles. The van der Waals surface area contributed by atoms with E-state index >= 15 is 0 Å². The largest absolute Gasteiger partial charge is 0.478 e. The SMILES string of the molecule is O=C(O)c1ccnc(-c2cc3cnn(CCCCCc4ccccc4)c3cn2)c1. The second-order valence-electron chi connectivity index (χ2n) is 7.03. The Labute approximate surface area is 168 Å². The van der Waals surface area contributed by atoms with E-state index in [2.05, 4.69) is 39.3 Å². The van der Waals surface area contributed by atoms with Gasteiger partial charge in [-0.25, -0.2) is 4.79 Å². The number of fused-ring (bicyclic) bond motifs is 1. The lowest BCUT2D eigenvalue weighted by Crippen LogP contribution is -2.01. The van der Waals surface area contributed by atoms with Crippen LogP contribution in [-0.4, -0.2) is 30.8 Å². The third-order valence-electron chi connectivity index (χ3n) is 4.98. The molecule has 0 radical (unpaired) electrons. The number of pyridine rings is 2. The van der Waals surface area contributed by atoms with Crippen molar-refractivity contribution in [3.63, 3.8) is 0 Å². The first kappa shape index (κ1) is 18.8. The van der Waals surface area contributed by atoms with Crippen LogP contribution in [0.2, 0.25) is 0 Å². The number of hydrogen-bond donors (Lipinski definition) is 1. The number of aromatic carboxylic acids is 1. The molecule has 0 bridgehead atoms. The van der Waals surface area contributed by atoms with E-state index in [-0.39, 0.29) is 5.56 Å². The minimum atomic E-state index is -0.977. The molecule has 6 nitrogen and oxygen atoms in total. The fourth-order valence-electron chi connectivity index (χ4n) is 3.41. The van der Waals surface area contributed by atoms with Crippen LogP contribution in [0, 0.1) is 0 Å². The van der Waals surface area contributed by atoms with Crippen LogP contribution in [0.5, 0.6) is 0 Å². The normalized spacial score (nSPS) is 11.0. The van der Waals surface area contributed by atoms with Gasteiger partial charge >= 0.3 is 5.97 Å². The molecule has 1 aromatic carbocycles. The van der Waals surface area contributed by atoms with E-state index in [0.29, 0.717) is 11.4 Å². The van der Waals surface area contributed by atoms with Crippen LogP contribution in [0.25, 0.3) is 22.3 Å². The molecule has 4 rings (SSSR count). The van der Waals surface area contributed by atoms with Gasteiger partial charge in [0.2, 0.25) is 0 Å². The van der Waals surface area contributed by atoms with E-state index in [4.69, 9.17) is 5.11 Å². The van der Waals surface area contributed by atoms with Crippen LogP contribution in [0.4, 0.5) is 0 Å². The second-order valence-corrected chi connectivity index (χ2v) is 7.03. The lowest BCUT2D eigenvalue weighted by molar-refractivity contribution is 0.0697. The molecular formula is C23H22N4O2. The van der Waals surface area contributed by atoms with E-state index in [9.17, 15) is 4.79 Å². The first-order valence-corrected chi connectivity index (χ1v) is 9.76. The first-order valence-electron chi connectivity index (χ1n) is 9.76. The van der Waals surface area contributed by atoms with Gasteiger partial charge in [0.25, 0.3) is 0 Å². The molecule has 0 aliphatic rings. The molecule has 0 unspecified atom stereocenters. The van der Waals surface area contributed by atoms with Gasteiger partial charge in [0.1, 0.15) is 0 Å². The second kappa shape index (κ2) is 8.65. The van der Waals surface area contributed by atoms with Gasteiger partial charge in [0.15, 0.2) is 0 Å². The number of aromatic nitrogens is 4. The van der Waals surface area contributed by atoms with Crippen molar-refractivity contribution in [3.8, 4) is 11.4 Å². The Balaban J connectivity index is 1.39. The Morgan fingerprint density at radius 2 is 1.76 bits per heavy atom.